The second-order valence-corrected chi connectivity index (χ2v) is 3.46. The van der Waals surface area contributed by atoms with Crippen molar-refractivity contribution in [2.75, 3.05) is 6.54 Å². The average molecular weight is 218 g/mol. The second-order valence-electron chi connectivity index (χ2n) is 3.46. The highest BCUT2D eigenvalue weighted by Crippen LogP contribution is 1.92. The van der Waals surface area contributed by atoms with Gasteiger partial charge in [0.05, 0.1) is 0 Å². The molecule has 2 N–H and O–H groups in total. The minimum atomic E-state index is -0.363. The van der Waals surface area contributed by atoms with E-state index in [1.807, 2.05) is 0 Å². The van der Waals surface area contributed by atoms with Gasteiger partial charge in [-0.25, -0.2) is 0 Å². The summed E-state index contributed by atoms with van der Waals surface area (Å²) in [5.74, 6) is 2.12. The van der Waals surface area contributed by atoms with Gasteiger partial charge < -0.3 is 10.3 Å². The summed E-state index contributed by atoms with van der Waals surface area (Å²) < 4.78 is 0. The van der Waals surface area contributed by atoms with E-state index in [-0.39, 0.29) is 16.9 Å². The molecule has 0 unspecified atom stereocenters. The molecule has 0 saturated carbocycles. The monoisotopic (exact) mass is 218 g/mol. The summed E-state index contributed by atoms with van der Waals surface area (Å²) in [5, 5.41) is 2.64. The van der Waals surface area contributed by atoms with Gasteiger partial charge in [-0.2, -0.15) is 0 Å². The lowest BCUT2D eigenvalue weighted by Crippen LogP contribution is -2.29. The van der Waals surface area contributed by atoms with E-state index in [0.29, 0.717) is 19.4 Å². The van der Waals surface area contributed by atoms with E-state index in [4.69, 9.17) is 6.42 Å². The Kier molecular flexibility index (Phi) is 4.34. The SMILES string of the molecule is C#CCCCNC(=O)c1c[nH]c(C)cc1=O. The van der Waals surface area contributed by atoms with Gasteiger partial charge in [0.15, 0.2) is 5.43 Å². The summed E-state index contributed by atoms with van der Waals surface area (Å²) in [4.78, 5) is 25.8. The summed E-state index contributed by atoms with van der Waals surface area (Å²) >= 11 is 0. The molecule has 0 radical (unpaired) electrons. The van der Waals surface area contributed by atoms with E-state index in [1.165, 1.54) is 12.3 Å². The van der Waals surface area contributed by atoms with E-state index in [9.17, 15) is 9.59 Å². The van der Waals surface area contributed by atoms with Gasteiger partial charge in [-0.15, -0.1) is 12.3 Å². The molecule has 4 nitrogen and oxygen atoms in total. The molecule has 0 aromatic carbocycles. The Hall–Kier alpha value is -2.02. The molecule has 0 aliphatic heterocycles. The molecule has 1 aromatic heterocycles. The Morgan fingerprint density at radius 3 is 3.00 bits per heavy atom. The Balaban J connectivity index is 2.60. The molecule has 4 heteroatoms. The van der Waals surface area contributed by atoms with Crippen LogP contribution in [0.15, 0.2) is 17.1 Å². The van der Waals surface area contributed by atoms with Gasteiger partial charge in [0.25, 0.3) is 5.91 Å². The summed E-state index contributed by atoms with van der Waals surface area (Å²) in [6.45, 7) is 2.24. The molecule has 0 spiro atoms. The van der Waals surface area contributed by atoms with Crippen molar-refractivity contribution in [2.45, 2.75) is 19.8 Å². The van der Waals surface area contributed by atoms with Crippen LogP contribution in [0.2, 0.25) is 0 Å². The molecule has 16 heavy (non-hydrogen) atoms. The van der Waals surface area contributed by atoms with E-state index in [0.717, 1.165) is 5.69 Å². The van der Waals surface area contributed by atoms with Crippen molar-refractivity contribution in [1.82, 2.24) is 10.3 Å². The number of nitrogens with one attached hydrogen (secondary N) is 2. The highest BCUT2D eigenvalue weighted by molar-refractivity contribution is 5.93. The summed E-state index contributed by atoms with van der Waals surface area (Å²) in [6, 6.07) is 1.40. The number of pyridine rings is 1. The lowest BCUT2D eigenvalue weighted by Gasteiger charge is -2.03. The maximum atomic E-state index is 11.6. The van der Waals surface area contributed by atoms with Crippen molar-refractivity contribution in [3.63, 3.8) is 0 Å². The number of unbranched alkanes of at least 4 members (excludes halogenated alkanes) is 1. The van der Waals surface area contributed by atoms with Crippen molar-refractivity contribution in [3.05, 3.63) is 33.7 Å². The lowest BCUT2D eigenvalue weighted by atomic mass is 10.2. The number of aromatic nitrogens is 1. The van der Waals surface area contributed by atoms with Gasteiger partial charge in [-0.1, -0.05) is 0 Å². The number of amides is 1. The highest BCUT2D eigenvalue weighted by atomic mass is 16.2. The summed E-state index contributed by atoms with van der Waals surface area (Å²) in [7, 11) is 0. The molecular formula is C12H14N2O2. The van der Waals surface area contributed by atoms with Crippen molar-refractivity contribution in [3.8, 4) is 12.3 Å². The van der Waals surface area contributed by atoms with Crippen LogP contribution in [0.5, 0.6) is 0 Å². The van der Waals surface area contributed by atoms with E-state index in [1.54, 1.807) is 6.92 Å². The molecule has 0 saturated heterocycles. The van der Waals surface area contributed by atoms with E-state index < -0.39 is 0 Å². The van der Waals surface area contributed by atoms with Crippen LogP contribution >= 0.6 is 0 Å². The van der Waals surface area contributed by atoms with Gasteiger partial charge in [0, 0.05) is 30.9 Å². The van der Waals surface area contributed by atoms with Gasteiger partial charge in [-0.05, 0) is 13.3 Å². The van der Waals surface area contributed by atoms with Crippen LogP contribution in [0.1, 0.15) is 28.9 Å². The first-order valence-corrected chi connectivity index (χ1v) is 5.06. The molecule has 1 amide bonds. The Morgan fingerprint density at radius 1 is 1.62 bits per heavy atom. The van der Waals surface area contributed by atoms with Crippen LogP contribution in [-0.4, -0.2) is 17.4 Å². The molecule has 0 atom stereocenters. The third kappa shape index (κ3) is 3.28. The van der Waals surface area contributed by atoms with Crippen LogP contribution in [0.4, 0.5) is 0 Å². The molecule has 0 aliphatic carbocycles. The maximum Gasteiger partial charge on any atom is 0.256 e. The van der Waals surface area contributed by atoms with Gasteiger partial charge in [0.1, 0.15) is 5.56 Å². The quantitative estimate of drug-likeness (QED) is 0.580. The van der Waals surface area contributed by atoms with Gasteiger partial charge in [-0.3, -0.25) is 9.59 Å². The zero-order chi connectivity index (χ0) is 12.0. The third-order valence-electron chi connectivity index (χ3n) is 2.09. The Morgan fingerprint density at radius 2 is 2.38 bits per heavy atom. The molecule has 1 rings (SSSR count). The number of carbonyl (C=O) groups excluding carboxylic acids is 1. The van der Waals surface area contributed by atoms with Crippen molar-refractivity contribution in [1.29, 1.82) is 0 Å². The zero-order valence-electron chi connectivity index (χ0n) is 9.17. The second kappa shape index (κ2) is 5.76. The number of hydrogen-bond acceptors (Lipinski definition) is 2. The molecule has 1 aromatic rings. The minimum Gasteiger partial charge on any atom is -0.364 e. The van der Waals surface area contributed by atoms with Crippen molar-refractivity contribution < 1.29 is 4.79 Å². The molecule has 0 aliphatic rings. The third-order valence-corrected chi connectivity index (χ3v) is 2.09. The smallest absolute Gasteiger partial charge is 0.256 e. The number of H-pyrrole nitrogens is 1. The highest BCUT2D eigenvalue weighted by Gasteiger charge is 2.08. The maximum absolute atomic E-state index is 11.6. The molecule has 1 heterocycles. The molecule has 0 fully saturated rings. The fourth-order valence-electron chi connectivity index (χ4n) is 1.24. The zero-order valence-corrected chi connectivity index (χ0v) is 9.17. The fourth-order valence-corrected chi connectivity index (χ4v) is 1.24. The molecule has 84 valence electrons. The number of carbonyl (C=O) groups is 1. The van der Waals surface area contributed by atoms with Crippen molar-refractivity contribution >= 4 is 5.91 Å². The first-order valence-electron chi connectivity index (χ1n) is 5.06. The normalized spacial score (nSPS) is 9.50. The fraction of sp³-hybridized carbons (Fsp3) is 0.333. The van der Waals surface area contributed by atoms with Crippen molar-refractivity contribution in [2.24, 2.45) is 0 Å². The van der Waals surface area contributed by atoms with Crippen LogP contribution in [0.3, 0.4) is 0 Å². The van der Waals surface area contributed by atoms with E-state index in [2.05, 4.69) is 16.2 Å². The summed E-state index contributed by atoms with van der Waals surface area (Å²) in [5.41, 5.74) is 0.589. The Labute approximate surface area is 94.1 Å². The standard InChI is InChI=1S/C12H14N2O2/c1-3-4-5-6-13-12(16)10-8-14-9(2)7-11(10)15/h1,7-8H,4-6H2,2H3,(H,13,16)(H,14,15). The lowest BCUT2D eigenvalue weighted by molar-refractivity contribution is 0.0952. The first kappa shape index (κ1) is 12.1. The molecular weight excluding hydrogens is 204 g/mol. The van der Waals surface area contributed by atoms with Gasteiger partial charge >= 0.3 is 0 Å². The number of hydrogen-bond donors (Lipinski definition) is 2. The number of aromatic amines is 1. The minimum absolute atomic E-state index is 0.131. The Bertz CT molecular complexity index is 469. The van der Waals surface area contributed by atoms with Gasteiger partial charge in [0.2, 0.25) is 0 Å². The number of terminal acetylenes is 1. The topological polar surface area (TPSA) is 62.0 Å². The predicted octanol–water partition coefficient (Wildman–Crippen LogP) is 0.827. The van der Waals surface area contributed by atoms with Crippen LogP contribution in [-0.2, 0) is 0 Å². The van der Waals surface area contributed by atoms with E-state index >= 15 is 0 Å². The molecule has 0 bridgehead atoms. The summed E-state index contributed by atoms with van der Waals surface area (Å²) in [6.07, 6.45) is 7.83. The van der Waals surface area contributed by atoms with Crippen LogP contribution in [0, 0.1) is 19.3 Å². The first-order chi connectivity index (χ1) is 7.65. The predicted molar refractivity (Wildman–Crippen MR) is 62.2 cm³/mol. The number of rotatable bonds is 4. The largest absolute Gasteiger partial charge is 0.364 e. The van der Waals surface area contributed by atoms with Crippen LogP contribution in [0.25, 0.3) is 0 Å². The average Bonchev–Trinajstić information content (AvgIpc) is 2.24. The number of aryl methyl sites for hydroxylation is 1. The van der Waals surface area contributed by atoms with Crippen LogP contribution < -0.4 is 10.7 Å².